The molecule has 0 heterocycles. The monoisotopic (exact) mass is 299 g/mol. The predicted molar refractivity (Wildman–Crippen MR) is 77.9 cm³/mol. The van der Waals surface area contributed by atoms with E-state index in [-0.39, 0.29) is 12.5 Å². The van der Waals surface area contributed by atoms with Crippen LogP contribution in [0.25, 0.3) is 0 Å². The molecule has 7 heteroatoms. The van der Waals surface area contributed by atoms with Gasteiger partial charge in [0.25, 0.3) is 0 Å². The van der Waals surface area contributed by atoms with Crippen molar-refractivity contribution in [3.63, 3.8) is 0 Å². The van der Waals surface area contributed by atoms with E-state index in [1.807, 2.05) is 0 Å². The molecule has 0 saturated heterocycles. The van der Waals surface area contributed by atoms with Crippen LogP contribution in [0.4, 0.5) is 4.79 Å². The van der Waals surface area contributed by atoms with E-state index in [0.29, 0.717) is 25.4 Å². The number of hydrogen-bond acceptors (Lipinski definition) is 3. The van der Waals surface area contributed by atoms with Crippen LogP contribution >= 0.6 is 0 Å². The molecule has 0 aromatic carbocycles. The summed E-state index contributed by atoms with van der Waals surface area (Å²) in [6, 6.07) is -0.0773. The van der Waals surface area contributed by atoms with Crippen LogP contribution in [0.5, 0.6) is 0 Å². The molecule has 1 aliphatic carbocycles. The largest absolute Gasteiger partial charge is 0.480 e. The van der Waals surface area contributed by atoms with E-state index in [9.17, 15) is 14.4 Å². The maximum atomic E-state index is 12.0. The molecule has 0 aromatic heterocycles. The Hall–Kier alpha value is -1.79. The normalized spacial score (nSPS) is 14.4. The van der Waals surface area contributed by atoms with Gasteiger partial charge in [0.2, 0.25) is 5.91 Å². The molecule has 120 valence electrons. The first-order valence-electron chi connectivity index (χ1n) is 7.27. The summed E-state index contributed by atoms with van der Waals surface area (Å²) in [4.78, 5) is 35.6. The highest BCUT2D eigenvalue weighted by Gasteiger charge is 2.28. The standard InChI is InChI=1S/C14H25N3O4/c1-14(2,3)17(9-12(19)20)13(21)15-8-4-5-11(18)16-10-6-7-10/h10H,4-9H2,1-3H3,(H,15,21)(H,16,18)(H,19,20). The number of rotatable bonds is 7. The SMILES string of the molecule is CC(C)(C)N(CC(=O)O)C(=O)NCCCC(=O)NC1CC1. The molecule has 0 aromatic rings. The molecule has 7 nitrogen and oxygen atoms in total. The third-order valence-corrected chi connectivity index (χ3v) is 3.15. The number of hydrogen-bond donors (Lipinski definition) is 3. The second kappa shape index (κ2) is 7.28. The summed E-state index contributed by atoms with van der Waals surface area (Å²) in [5, 5.41) is 14.4. The Morgan fingerprint density at radius 1 is 1.24 bits per heavy atom. The van der Waals surface area contributed by atoms with Gasteiger partial charge in [0.05, 0.1) is 0 Å². The molecular weight excluding hydrogens is 274 g/mol. The molecule has 1 fully saturated rings. The number of nitrogens with zero attached hydrogens (tertiary/aromatic N) is 1. The average molecular weight is 299 g/mol. The van der Waals surface area contributed by atoms with Crippen LogP contribution in [0, 0.1) is 0 Å². The molecule has 0 spiro atoms. The fourth-order valence-electron chi connectivity index (χ4n) is 1.82. The quantitative estimate of drug-likeness (QED) is 0.609. The Bertz CT molecular complexity index is 400. The molecule has 1 aliphatic rings. The first kappa shape index (κ1) is 17.3. The summed E-state index contributed by atoms with van der Waals surface area (Å²) in [5.41, 5.74) is -0.578. The molecule has 0 atom stereocenters. The molecule has 0 bridgehead atoms. The second-order valence-electron chi connectivity index (χ2n) is 6.33. The Balaban J connectivity index is 2.28. The van der Waals surface area contributed by atoms with Crippen LogP contribution in [0.2, 0.25) is 0 Å². The zero-order valence-corrected chi connectivity index (χ0v) is 12.9. The van der Waals surface area contributed by atoms with Gasteiger partial charge in [-0.3, -0.25) is 9.59 Å². The minimum atomic E-state index is -1.05. The average Bonchev–Trinajstić information content (AvgIpc) is 3.13. The Kier molecular flexibility index (Phi) is 5.99. The van der Waals surface area contributed by atoms with E-state index < -0.39 is 17.5 Å². The lowest BCUT2D eigenvalue weighted by atomic mass is 10.1. The maximum Gasteiger partial charge on any atom is 0.323 e. The molecule has 21 heavy (non-hydrogen) atoms. The van der Waals surface area contributed by atoms with Gasteiger partial charge in [-0.15, -0.1) is 0 Å². The fraction of sp³-hybridized carbons (Fsp3) is 0.786. The summed E-state index contributed by atoms with van der Waals surface area (Å²) < 4.78 is 0. The van der Waals surface area contributed by atoms with Gasteiger partial charge in [0.1, 0.15) is 6.54 Å². The molecule has 3 amide bonds. The van der Waals surface area contributed by atoms with Crippen LogP contribution in [0.3, 0.4) is 0 Å². The van der Waals surface area contributed by atoms with Crippen LogP contribution in [0.15, 0.2) is 0 Å². The smallest absolute Gasteiger partial charge is 0.323 e. The number of amides is 3. The van der Waals surface area contributed by atoms with E-state index >= 15 is 0 Å². The van der Waals surface area contributed by atoms with Gasteiger partial charge in [-0.2, -0.15) is 0 Å². The molecule has 0 unspecified atom stereocenters. The highest BCUT2D eigenvalue weighted by atomic mass is 16.4. The molecule has 0 aliphatic heterocycles. The third kappa shape index (κ3) is 6.97. The highest BCUT2D eigenvalue weighted by molar-refractivity contribution is 5.81. The maximum absolute atomic E-state index is 12.0. The van der Waals surface area contributed by atoms with Gasteiger partial charge in [-0.1, -0.05) is 0 Å². The molecule has 1 rings (SSSR count). The predicted octanol–water partition coefficient (Wildman–Crippen LogP) is 0.940. The summed E-state index contributed by atoms with van der Waals surface area (Å²) in [6.45, 7) is 5.33. The summed E-state index contributed by atoms with van der Waals surface area (Å²) >= 11 is 0. The lowest BCUT2D eigenvalue weighted by molar-refractivity contribution is -0.138. The third-order valence-electron chi connectivity index (χ3n) is 3.15. The number of carboxylic acid groups (broad SMARTS) is 1. The lowest BCUT2D eigenvalue weighted by Crippen LogP contribution is -2.52. The molecule has 0 radical (unpaired) electrons. The van der Waals surface area contributed by atoms with E-state index in [1.165, 1.54) is 4.90 Å². The second-order valence-corrected chi connectivity index (χ2v) is 6.33. The van der Waals surface area contributed by atoms with Crippen LogP contribution in [-0.4, -0.2) is 52.6 Å². The van der Waals surface area contributed by atoms with Gasteiger partial charge in [0, 0.05) is 24.5 Å². The van der Waals surface area contributed by atoms with Crippen LogP contribution < -0.4 is 10.6 Å². The summed E-state index contributed by atoms with van der Waals surface area (Å²) in [6.07, 6.45) is 3.01. The van der Waals surface area contributed by atoms with Crippen molar-refractivity contribution < 1.29 is 19.5 Å². The van der Waals surface area contributed by atoms with Gasteiger partial charge in [0.15, 0.2) is 0 Å². The number of aliphatic carboxylic acids is 1. The lowest BCUT2D eigenvalue weighted by Gasteiger charge is -2.34. The van der Waals surface area contributed by atoms with E-state index in [0.717, 1.165) is 12.8 Å². The minimum absolute atomic E-state index is 0.00459. The number of nitrogens with one attached hydrogen (secondary N) is 2. The summed E-state index contributed by atoms with van der Waals surface area (Å²) in [5.74, 6) is -1.05. The van der Waals surface area contributed by atoms with E-state index in [2.05, 4.69) is 10.6 Å². The van der Waals surface area contributed by atoms with Crippen LogP contribution in [0.1, 0.15) is 46.5 Å². The first-order valence-corrected chi connectivity index (χ1v) is 7.27. The van der Waals surface area contributed by atoms with E-state index in [1.54, 1.807) is 20.8 Å². The Morgan fingerprint density at radius 2 is 1.86 bits per heavy atom. The highest BCUT2D eigenvalue weighted by Crippen LogP contribution is 2.18. The van der Waals surface area contributed by atoms with Crippen molar-refractivity contribution in [1.82, 2.24) is 15.5 Å². The number of carboxylic acids is 1. The number of urea groups is 1. The first-order chi connectivity index (χ1) is 9.70. The van der Waals surface area contributed by atoms with Crippen molar-refractivity contribution >= 4 is 17.9 Å². The van der Waals surface area contributed by atoms with Crippen molar-refractivity contribution in [3.05, 3.63) is 0 Å². The number of carbonyl (C=O) groups excluding carboxylic acids is 2. The van der Waals surface area contributed by atoms with Gasteiger partial charge in [-0.05, 0) is 40.0 Å². The van der Waals surface area contributed by atoms with Crippen molar-refractivity contribution in [1.29, 1.82) is 0 Å². The summed E-state index contributed by atoms with van der Waals surface area (Å²) in [7, 11) is 0. The zero-order chi connectivity index (χ0) is 16.0. The molecule has 3 N–H and O–H groups in total. The van der Waals surface area contributed by atoms with Gasteiger partial charge < -0.3 is 20.6 Å². The topological polar surface area (TPSA) is 98.7 Å². The van der Waals surface area contributed by atoms with Crippen molar-refractivity contribution in [2.45, 2.75) is 58.0 Å². The number of carbonyl (C=O) groups is 3. The van der Waals surface area contributed by atoms with Gasteiger partial charge >= 0.3 is 12.0 Å². The minimum Gasteiger partial charge on any atom is -0.480 e. The Labute approximate surface area is 125 Å². The van der Waals surface area contributed by atoms with Crippen molar-refractivity contribution in [3.8, 4) is 0 Å². The van der Waals surface area contributed by atoms with Gasteiger partial charge in [-0.25, -0.2) is 4.79 Å². The van der Waals surface area contributed by atoms with Crippen molar-refractivity contribution in [2.24, 2.45) is 0 Å². The van der Waals surface area contributed by atoms with Crippen molar-refractivity contribution in [2.75, 3.05) is 13.1 Å². The van der Waals surface area contributed by atoms with E-state index in [4.69, 9.17) is 5.11 Å². The van der Waals surface area contributed by atoms with Crippen LogP contribution in [-0.2, 0) is 9.59 Å². The molecular formula is C14H25N3O4. The fourth-order valence-corrected chi connectivity index (χ4v) is 1.82. The Morgan fingerprint density at radius 3 is 2.33 bits per heavy atom. The zero-order valence-electron chi connectivity index (χ0n) is 12.9. The molecule has 1 saturated carbocycles.